The lowest BCUT2D eigenvalue weighted by atomic mass is 10.3. The predicted molar refractivity (Wildman–Crippen MR) is 66.4 cm³/mol. The van der Waals surface area contributed by atoms with Crippen molar-refractivity contribution in [2.75, 3.05) is 32.7 Å². The molecule has 1 aliphatic rings. The Morgan fingerprint density at radius 3 is 2.69 bits per heavy atom. The molecule has 0 bridgehead atoms. The molecule has 94 valence electrons. The van der Waals surface area contributed by atoms with Crippen LogP contribution in [0.5, 0.6) is 0 Å². The van der Waals surface area contributed by atoms with Gasteiger partial charge in [0.15, 0.2) is 0 Å². The molecule has 4 heteroatoms. The van der Waals surface area contributed by atoms with Crippen molar-refractivity contribution in [2.45, 2.75) is 39.2 Å². The van der Waals surface area contributed by atoms with Crippen LogP contribution < -0.4 is 10.6 Å². The van der Waals surface area contributed by atoms with Gasteiger partial charge in [-0.05, 0) is 39.4 Å². The van der Waals surface area contributed by atoms with Crippen LogP contribution in [0.4, 0.5) is 0 Å². The van der Waals surface area contributed by atoms with Gasteiger partial charge in [0, 0.05) is 25.6 Å². The summed E-state index contributed by atoms with van der Waals surface area (Å²) in [5, 5.41) is 6.15. The summed E-state index contributed by atoms with van der Waals surface area (Å²) in [6.07, 6.45) is 3.19. The zero-order chi connectivity index (χ0) is 11.8. The first-order chi connectivity index (χ1) is 7.74. The van der Waals surface area contributed by atoms with Crippen LogP contribution in [0, 0.1) is 0 Å². The minimum atomic E-state index is 0.159. The number of likely N-dealkylation sites (tertiary alicyclic amines) is 1. The van der Waals surface area contributed by atoms with Crippen molar-refractivity contribution in [3.63, 3.8) is 0 Å². The lowest BCUT2D eigenvalue weighted by molar-refractivity contribution is -0.121. The molecular weight excluding hydrogens is 202 g/mol. The number of nitrogens with one attached hydrogen (secondary N) is 2. The van der Waals surface area contributed by atoms with Crippen molar-refractivity contribution in [1.29, 1.82) is 0 Å². The van der Waals surface area contributed by atoms with Crippen molar-refractivity contribution in [2.24, 2.45) is 0 Å². The SMILES string of the molecule is CCNCCC(=O)NCC(C)N1CCCC1. The first-order valence-electron chi connectivity index (χ1n) is 6.45. The van der Waals surface area contributed by atoms with Gasteiger partial charge in [0.25, 0.3) is 0 Å². The molecule has 16 heavy (non-hydrogen) atoms. The summed E-state index contributed by atoms with van der Waals surface area (Å²) in [6.45, 7) is 9.11. The van der Waals surface area contributed by atoms with Crippen molar-refractivity contribution in [1.82, 2.24) is 15.5 Å². The van der Waals surface area contributed by atoms with E-state index in [0.717, 1.165) is 19.6 Å². The van der Waals surface area contributed by atoms with Crippen LogP contribution in [-0.4, -0.2) is 49.6 Å². The smallest absolute Gasteiger partial charge is 0.221 e. The van der Waals surface area contributed by atoms with Gasteiger partial charge in [0.1, 0.15) is 0 Å². The van der Waals surface area contributed by atoms with E-state index >= 15 is 0 Å². The maximum Gasteiger partial charge on any atom is 0.221 e. The van der Waals surface area contributed by atoms with Gasteiger partial charge in [0.2, 0.25) is 5.91 Å². The molecule has 1 saturated heterocycles. The molecule has 4 nitrogen and oxygen atoms in total. The highest BCUT2D eigenvalue weighted by Gasteiger charge is 2.17. The molecule has 0 spiro atoms. The average molecular weight is 227 g/mol. The molecule has 0 aromatic rings. The number of hydrogen-bond acceptors (Lipinski definition) is 3. The molecular formula is C12H25N3O. The van der Waals surface area contributed by atoms with Gasteiger partial charge in [-0.15, -0.1) is 0 Å². The summed E-state index contributed by atoms with van der Waals surface area (Å²) in [4.78, 5) is 13.9. The Morgan fingerprint density at radius 1 is 1.38 bits per heavy atom. The lowest BCUT2D eigenvalue weighted by Crippen LogP contribution is -2.41. The van der Waals surface area contributed by atoms with Gasteiger partial charge < -0.3 is 10.6 Å². The number of nitrogens with zero attached hydrogens (tertiary/aromatic N) is 1. The normalized spacial score (nSPS) is 18.6. The highest BCUT2D eigenvalue weighted by molar-refractivity contribution is 5.76. The number of carbonyl (C=O) groups excluding carboxylic acids is 1. The average Bonchev–Trinajstić information content (AvgIpc) is 2.79. The fourth-order valence-corrected chi connectivity index (χ4v) is 2.04. The van der Waals surface area contributed by atoms with E-state index in [0.29, 0.717) is 12.5 Å². The number of carbonyl (C=O) groups is 1. The molecule has 1 unspecified atom stereocenters. The summed E-state index contributed by atoms with van der Waals surface area (Å²) >= 11 is 0. The molecule has 1 fully saturated rings. The van der Waals surface area contributed by atoms with E-state index in [-0.39, 0.29) is 5.91 Å². The molecule has 0 aliphatic carbocycles. The second-order valence-corrected chi connectivity index (χ2v) is 4.50. The Kier molecular flexibility index (Phi) is 6.42. The van der Waals surface area contributed by atoms with Crippen LogP contribution in [0.15, 0.2) is 0 Å². The zero-order valence-corrected chi connectivity index (χ0v) is 10.6. The van der Waals surface area contributed by atoms with Gasteiger partial charge >= 0.3 is 0 Å². The van der Waals surface area contributed by atoms with E-state index in [1.54, 1.807) is 0 Å². The Bertz CT molecular complexity index is 202. The highest BCUT2D eigenvalue weighted by atomic mass is 16.1. The minimum absolute atomic E-state index is 0.159. The van der Waals surface area contributed by atoms with Gasteiger partial charge in [-0.3, -0.25) is 9.69 Å². The summed E-state index contributed by atoms with van der Waals surface area (Å²) in [5.74, 6) is 0.159. The summed E-state index contributed by atoms with van der Waals surface area (Å²) < 4.78 is 0. The Hall–Kier alpha value is -0.610. The summed E-state index contributed by atoms with van der Waals surface area (Å²) in [7, 11) is 0. The Balaban J connectivity index is 2.06. The van der Waals surface area contributed by atoms with Crippen LogP contribution in [-0.2, 0) is 4.79 Å². The second-order valence-electron chi connectivity index (χ2n) is 4.50. The van der Waals surface area contributed by atoms with E-state index in [1.807, 2.05) is 6.92 Å². The molecule has 2 N–H and O–H groups in total. The third kappa shape index (κ3) is 4.94. The van der Waals surface area contributed by atoms with E-state index < -0.39 is 0 Å². The maximum absolute atomic E-state index is 11.5. The van der Waals surface area contributed by atoms with Crippen LogP contribution in [0.3, 0.4) is 0 Å². The lowest BCUT2D eigenvalue weighted by Gasteiger charge is -2.23. The fraction of sp³-hybridized carbons (Fsp3) is 0.917. The maximum atomic E-state index is 11.5. The molecule has 1 amide bonds. The first-order valence-corrected chi connectivity index (χ1v) is 6.45. The molecule has 1 atom stereocenters. The third-order valence-electron chi connectivity index (χ3n) is 3.14. The van der Waals surface area contributed by atoms with Gasteiger partial charge in [-0.2, -0.15) is 0 Å². The van der Waals surface area contributed by atoms with Crippen molar-refractivity contribution in [3.8, 4) is 0 Å². The summed E-state index contributed by atoms with van der Waals surface area (Å²) in [5.41, 5.74) is 0. The fourth-order valence-electron chi connectivity index (χ4n) is 2.04. The molecule has 1 aliphatic heterocycles. The molecule has 0 aromatic carbocycles. The second kappa shape index (κ2) is 7.63. The molecule has 0 radical (unpaired) electrons. The molecule has 0 saturated carbocycles. The molecule has 0 aromatic heterocycles. The van der Waals surface area contributed by atoms with Gasteiger partial charge in [-0.25, -0.2) is 0 Å². The van der Waals surface area contributed by atoms with Crippen LogP contribution >= 0.6 is 0 Å². The van der Waals surface area contributed by atoms with Crippen molar-refractivity contribution < 1.29 is 4.79 Å². The topological polar surface area (TPSA) is 44.4 Å². The van der Waals surface area contributed by atoms with Crippen molar-refractivity contribution >= 4 is 5.91 Å². The van der Waals surface area contributed by atoms with Crippen LogP contribution in [0.2, 0.25) is 0 Å². The first kappa shape index (κ1) is 13.5. The highest BCUT2D eigenvalue weighted by Crippen LogP contribution is 2.10. The number of hydrogen-bond donors (Lipinski definition) is 2. The van der Waals surface area contributed by atoms with E-state index in [1.165, 1.54) is 25.9 Å². The zero-order valence-electron chi connectivity index (χ0n) is 10.6. The third-order valence-corrected chi connectivity index (χ3v) is 3.14. The largest absolute Gasteiger partial charge is 0.355 e. The van der Waals surface area contributed by atoms with Crippen LogP contribution in [0.1, 0.15) is 33.1 Å². The van der Waals surface area contributed by atoms with E-state index in [2.05, 4.69) is 22.5 Å². The minimum Gasteiger partial charge on any atom is -0.355 e. The standard InChI is InChI=1S/C12H25N3O/c1-3-13-7-6-12(16)14-10-11(2)15-8-4-5-9-15/h11,13H,3-10H2,1-2H3,(H,14,16). The predicted octanol–water partition coefficient (Wildman–Crippen LogP) is 0.587. The number of amides is 1. The van der Waals surface area contributed by atoms with Crippen LogP contribution in [0.25, 0.3) is 0 Å². The molecule has 1 rings (SSSR count). The van der Waals surface area contributed by atoms with Gasteiger partial charge in [-0.1, -0.05) is 6.92 Å². The quantitative estimate of drug-likeness (QED) is 0.626. The monoisotopic (exact) mass is 227 g/mol. The Labute approximate surface area is 98.8 Å². The van der Waals surface area contributed by atoms with Gasteiger partial charge in [0.05, 0.1) is 0 Å². The molecule has 1 heterocycles. The summed E-state index contributed by atoms with van der Waals surface area (Å²) in [6, 6.07) is 0.477. The Morgan fingerprint density at radius 2 is 2.06 bits per heavy atom. The van der Waals surface area contributed by atoms with E-state index in [4.69, 9.17) is 0 Å². The number of rotatable bonds is 7. The van der Waals surface area contributed by atoms with Crippen molar-refractivity contribution in [3.05, 3.63) is 0 Å². The van der Waals surface area contributed by atoms with E-state index in [9.17, 15) is 4.79 Å².